The van der Waals surface area contributed by atoms with Crippen molar-refractivity contribution in [2.24, 2.45) is 0 Å². The second-order valence-electron chi connectivity index (χ2n) is 4.27. The Morgan fingerprint density at radius 1 is 1.41 bits per heavy atom. The van der Waals surface area contributed by atoms with Crippen molar-refractivity contribution in [1.29, 1.82) is 0 Å². The number of rotatable bonds is 6. The molecule has 5 heteroatoms. The Hall–Kier alpha value is -0.910. The fraction of sp³-hybridized carbons (Fsp3) is 0.750. The van der Waals surface area contributed by atoms with Crippen LogP contribution in [0, 0.1) is 0 Å². The van der Waals surface area contributed by atoms with Crippen molar-refractivity contribution in [2.45, 2.75) is 20.0 Å². The molecule has 1 aromatic rings. The highest BCUT2D eigenvalue weighted by Crippen LogP contribution is 1.98. The summed E-state index contributed by atoms with van der Waals surface area (Å²) in [7, 11) is 0. The van der Waals surface area contributed by atoms with Crippen LogP contribution in [0.3, 0.4) is 0 Å². The van der Waals surface area contributed by atoms with E-state index in [4.69, 9.17) is 4.74 Å². The Kier molecular flexibility index (Phi) is 4.97. The lowest BCUT2D eigenvalue weighted by atomic mass is 10.4. The number of aryl methyl sites for hydroxylation is 1. The molecule has 1 fully saturated rings. The van der Waals surface area contributed by atoms with Crippen LogP contribution in [-0.4, -0.2) is 54.1 Å². The lowest BCUT2D eigenvalue weighted by Gasteiger charge is -2.26. The summed E-state index contributed by atoms with van der Waals surface area (Å²) in [6.45, 7) is 9.96. The van der Waals surface area contributed by atoms with Gasteiger partial charge in [0, 0.05) is 45.5 Å². The van der Waals surface area contributed by atoms with Crippen molar-refractivity contribution < 1.29 is 4.74 Å². The van der Waals surface area contributed by atoms with E-state index in [9.17, 15) is 0 Å². The molecule has 2 heterocycles. The molecule has 17 heavy (non-hydrogen) atoms. The predicted octanol–water partition coefficient (Wildman–Crippen LogP) is 0.325. The summed E-state index contributed by atoms with van der Waals surface area (Å²) in [4.78, 5) is 2.44. The minimum Gasteiger partial charge on any atom is -0.379 e. The fourth-order valence-electron chi connectivity index (χ4n) is 2.07. The van der Waals surface area contributed by atoms with Gasteiger partial charge in [-0.3, -0.25) is 9.58 Å². The summed E-state index contributed by atoms with van der Waals surface area (Å²) in [6.07, 6.45) is 1.86. The molecule has 0 radical (unpaired) electrons. The van der Waals surface area contributed by atoms with Crippen molar-refractivity contribution in [1.82, 2.24) is 20.0 Å². The van der Waals surface area contributed by atoms with Crippen molar-refractivity contribution in [3.8, 4) is 0 Å². The maximum absolute atomic E-state index is 5.32. The first-order valence-corrected chi connectivity index (χ1v) is 6.41. The third-order valence-electron chi connectivity index (χ3n) is 3.12. The van der Waals surface area contributed by atoms with Gasteiger partial charge < -0.3 is 10.1 Å². The standard InChI is InChI=1S/C12H22N4O/c1-2-16-12(3-4-14-16)11-13-5-6-15-7-9-17-10-8-15/h3-4,13H,2,5-11H2,1H3. The van der Waals surface area contributed by atoms with E-state index < -0.39 is 0 Å². The van der Waals surface area contributed by atoms with Gasteiger partial charge in [0.2, 0.25) is 0 Å². The Labute approximate surface area is 103 Å². The molecule has 5 nitrogen and oxygen atoms in total. The van der Waals surface area contributed by atoms with Gasteiger partial charge in [0.25, 0.3) is 0 Å². The minimum atomic E-state index is 0.878. The molecular weight excluding hydrogens is 216 g/mol. The van der Waals surface area contributed by atoms with Gasteiger partial charge in [-0.15, -0.1) is 0 Å². The van der Waals surface area contributed by atoms with E-state index in [-0.39, 0.29) is 0 Å². The zero-order chi connectivity index (χ0) is 11.9. The molecule has 0 atom stereocenters. The number of hydrogen-bond donors (Lipinski definition) is 1. The van der Waals surface area contributed by atoms with Crippen LogP contribution < -0.4 is 5.32 Å². The Morgan fingerprint density at radius 3 is 3.00 bits per heavy atom. The number of nitrogens with one attached hydrogen (secondary N) is 1. The molecule has 0 spiro atoms. The van der Waals surface area contributed by atoms with Gasteiger partial charge in [0.05, 0.1) is 18.9 Å². The van der Waals surface area contributed by atoms with E-state index in [0.717, 1.165) is 52.5 Å². The number of morpholine rings is 1. The second-order valence-corrected chi connectivity index (χ2v) is 4.27. The van der Waals surface area contributed by atoms with Crippen LogP contribution >= 0.6 is 0 Å². The summed E-state index contributed by atoms with van der Waals surface area (Å²) in [5, 5.41) is 7.72. The van der Waals surface area contributed by atoms with Gasteiger partial charge in [0.1, 0.15) is 0 Å². The maximum Gasteiger partial charge on any atom is 0.0594 e. The topological polar surface area (TPSA) is 42.3 Å². The van der Waals surface area contributed by atoms with Crippen LogP contribution in [0.4, 0.5) is 0 Å². The summed E-state index contributed by atoms with van der Waals surface area (Å²) in [6, 6.07) is 2.07. The lowest BCUT2D eigenvalue weighted by Crippen LogP contribution is -2.40. The van der Waals surface area contributed by atoms with Crippen LogP contribution in [-0.2, 0) is 17.8 Å². The van der Waals surface area contributed by atoms with E-state index in [1.165, 1.54) is 5.69 Å². The SMILES string of the molecule is CCn1nccc1CNCCN1CCOCC1. The largest absolute Gasteiger partial charge is 0.379 e. The Morgan fingerprint density at radius 2 is 2.24 bits per heavy atom. The van der Waals surface area contributed by atoms with Crippen molar-refractivity contribution in [3.63, 3.8) is 0 Å². The summed E-state index contributed by atoms with van der Waals surface area (Å²) in [5.41, 5.74) is 1.26. The van der Waals surface area contributed by atoms with E-state index >= 15 is 0 Å². The molecule has 1 saturated heterocycles. The fourth-order valence-corrected chi connectivity index (χ4v) is 2.07. The molecule has 1 aliphatic heterocycles. The number of ether oxygens (including phenoxy) is 1. The van der Waals surface area contributed by atoms with Crippen molar-refractivity contribution in [2.75, 3.05) is 39.4 Å². The molecule has 0 aromatic carbocycles. The van der Waals surface area contributed by atoms with Crippen LogP contribution in [0.15, 0.2) is 12.3 Å². The highest BCUT2D eigenvalue weighted by atomic mass is 16.5. The monoisotopic (exact) mass is 238 g/mol. The average molecular weight is 238 g/mol. The molecule has 1 N–H and O–H groups in total. The molecule has 0 bridgehead atoms. The number of nitrogens with zero attached hydrogens (tertiary/aromatic N) is 3. The van der Waals surface area contributed by atoms with E-state index in [1.807, 2.05) is 10.9 Å². The zero-order valence-corrected chi connectivity index (χ0v) is 10.6. The first-order valence-electron chi connectivity index (χ1n) is 6.41. The summed E-state index contributed by atoms with van der Waals surface area (Å²) >= 11 is 0. The number of hydrogen-bond acceptors (Lipinski definition) is 4. The molecule has 0 unspecified atom stereocenters. The second kappa shape index (κ2) is 6.74. The van der Waals surface area contributed by atoms with Gasteiger partial charge in [-0.1, -0.05) is 0 Å². The van der Waals surface area contributed by atoms with Crippen molar-refractivity contribution in [3.05, 3.63) is 18.0 Å². The lowest BCUT2D eigenvalue weighted by molar-refractivity contribution is 0.0384. The van der Waals surface area contributed by atoms with Gasteiger partial charge in [-0.2, -0.15) is 5.10 Å². The molecule has 0 aliphatic carbocycles. The first-order chi connectivity index (χ1) is 8.40. The normalized spacial score (nSPS) is 17.5. The maximum atomic E-state index is 5.32. The highest BCUT2D eigenvalue weighted by Gasteiger charge is 2.09. The molecule has 0 amide bonds. The third kappa shape index (κ3) is 3.80. The van der Waals surface area contributed by atoms with Gasteiger partial charge in [-0.25, -0.2) is 0 Å². The van der Waals surface area contributed by atoms with Gasteiger partial charge in [-0.05, 0) is 13.0 Å². The van der Waals surface area contributed by atoms with E-state index in [2.05, 4.69) is 28.3 Å². The minimum absolute atomic E-state index is 0.878. The van der Waals surface area contributed by atoms with Crippen LogP contribution in [0.25, 0.3) is 0 Å². The molecule has 2 rings (SSSR count). The summed E-state index contributed by atoms with van der Waals surface area (Å²) in [5.74, 6) is 0. The smallest absolute Gasteiger partial charge is 0.0594 e. The molecular formula is C12H22N4O. The van der Waals surface area contributed by atoms with E-state index in [0.29, 0.717) is 0 Å². The highest BCUT2D eigenvalue weighted by molar-refractivity contribution is 4.99. The molecule has 1 aliphatic rings. The Bertz CT molecular complexity index is 320. The first kappa shape index (κ1) is 12.5. The van der Waals surface area contributed by atoms with Gasteiger partial charge >= 0.3 is 0 Å². The van der Waals surface area contributed by atoms with E-state index in [1.54, 1.807) is 0 Å². The predicted molar refractivity (Wildman–Crippen MR) is 66.9 cm³/mol. The van der Waals surface area contributed by atoms with Gasteiger partial charge in [0.15, 0.2) is 0 Å². The zero-order valence-electron chi connectivity index (χ0n) is 10.6. The molecule has 1 aromatic heterocycles. The third-order valence-corrected chi connectivity index (χ3v) is 3.12. The summed E-state index contributed by atoms with van der Waals surface area (Å²) < 4.78 is 7.35. The number of aromatic nitrogens is 2. The average Bonchev–Trinajstić information content (AvgIpc) is 2.83. The quantitative estimate of drug-likeness (QED) is 0.725. The van der Waals surface area contributed by atoms with Crippen LogP contribution in [0.1, 0.15) is 12.6 Å². The van der Waals surface area contributed by atoms with Crippen LogP contribution in [0.2, 0.25) is 0 Å². The van der Waals surface area contributed by atoms with Crippen LogP contribution in [0.5, 0.6) is 0 Å². The van der Waals surface area contributed by atoms with Crippen molar-refractivity contribution >= 4 is 0 Å². The molecule has 96 valence electrons. The molecule has 0 saturated carbocycles. The Balaban J connectivity index is 1.62.